The van der Waals surface area contributed by atoms with Gasteiger partial charge in [-0.1, -0.05) is 36.4 Å². The summed E-state index contributed by atoms with van der Waals surface area (Å²) < 4.78 is 4.90. The van der Waals surface area contributed by atoms with Crippen LogP contribution in [0, 0.1) is 0 Å². The van der Waals surface area contributed by atoms with E-state index in [4.69, 9.17) is 4.74 Å². The number of esters is 1. The minimum Gasteiger partial charge on any atom is -0.508 e. The molecule has 0 heterocycles. The third-order valence-electron chi connectivity index (χ3n) is 3.06. The number of benzene rings is 2. The van der Waals surface area contributed by atoms with Crippen molar-refractivity contribution >= 4 is 5.97 Å². The normalized spacial score (nSPS) is 10.2. The van der Waals surface area contributed by atoms with Gasteiger partial charge >= 0.3 is 5.97 Å². The second kappa shape index (κ2) is 6.75. The van der Waals surface area contributed by atoms with Crippen LogP contribution in [0.4, 0.5) is 0 Å². The summed E-state index contributed by atoms with van der Waals surface area (Å²) in [6.45, 7) is 2.23. The third-order valence-corrected chi connectivity index (χ3v) is 3.06. The lowest BCUT2D eigenvalue weighted by molar-refractivity contribution is -0.143. The molecular formula is C17H18O3. The highest BCUT2D eigenvalue weighted by Gasteiger charge is 2.03. The molecule has 104 valence electrons. The van der Waals surface area contributed by atoms with Crippen molar-refractivity contribution < 1.29 is 14.6 Å². The number of aromatic hydroxyl groups is 1. The van der Waals surface area contributed by atoms with E-state index in [1.807, 2.05) is 43.3 Å². The molecule has 3 heteroatoms. The zero-order valence-corrected chi connectivity index (χ0v) is 11.5. The van der Waals surface area contributed by atoms with Crippen LogP contribution in [-0.4, -0.2) is 17.7 Å². The van der Waals surface area contributed by atoms with Gasteiger partial charge in [-0.2, -0.15) is 0 Å². The number of phenolic OH excluding ortho intramolecular Hbond substituents is 1. The topological polar surface area (TPSA) is 46.5 Å². The SMILES string of the molecule is CCOC(=O)CCc1ccc(-c2cccc(O)c2)cc1. The van der Waals surface area contributed by atoms with E-state index in [9.17, 15) is 9.90 Å². The molecule has 0 aliphatic carbocycles. The quantitative estimate of drug-likeness (QED) is 0.845. The summed E-state index contributed by atoms with van der Waals surface area (Å²) in [7, 11) is 0. The molecule has 2 aromatic carbocycles. The molecule has 0 spiro atoms. The van der Waals surface area contributed by atoms with Crippen molar-refractivity contribution in [1.29, 1.82) is 0 Å². The molecule has 2 rings (SSSR count). The lowest BCUT2D eigenvalue weighted by Gasteiger charge is -2.05. The summed E-state index contributed by atoms with van der Waals surface area (Å²) in [5.41, 5.74) is 3.12. The van der Waals surface area contributed by atoms with Crippen molar-refractivity contribution in [3.05, 3.63) is 54.1 Å². The smallest absolute Gasteiger partial charge is 0.306 e. The van der Waals surface area contributed by atoms with Crippen LogP contribution < -0.4 is 0 Å². The van der Waals surface area contributed by atoms with Gasteiger partial charge in [0.05, 0.1) is 6.61 Å². The van der Waals surface area contributed by atoms with Gasteiger partial charge in [-0.25, -0.2) is 0 Å². The van der Waals surface area contributed by atoms with Crippen LogP contribution in [0.15, 0.2) is 48.5 Å². The van der Waals surface area contributed by atoms with Crippen LogP contribution in [-0.2, 0) is 16.0 Å². The highest BCUT2D eigenvalue weighted by Crippen LogP contribution is 2.23. The van der Waals surface area contributed by atoms with Crippen molar-refractivity contribution in [2.75, 3.05) is 6.61 Å². The number of carbonyl (C=O) groups excluding carboxylic acids is 1. The Morgan fingerprint density at radius 2 is 1.85 bits per heavy atom. The van der Waals surface area contributed by atoms with Crippen LogP contribution >= 0.6 is 0 Å². The molecule has 0 fully saturated rings. The molecule has 3 nitrogen and oxygen atoms in total. The average Bonchev–Trinajstić information content (AvgIpc) is 2.46. The zero-order valence-electron chi connectivity index (χ0n) is 11.5. The van der Waals surface area contributed by atoms with Crippen molar-refractivity contribution in [2.24, 2.45) is 0 Å². The fourth-order valence-electron chi connectivity index (χ4n) is 2.03. The Kier molecular flexibility index (Phi) is 4.77. The molecule has 0 saturated carbocycles. The zero-order chi connectivity index (χ0) is 14.4. The maximum Gasteiger partial charge on any atom is 0.306 e. The largest absolute Gasteiger partial charge is 0.508 e. The van der Waals surface area contributed by atoms with E-state index in [1.54, 1.807) is 12.1 Å². The summed E-state index contributed by atoms with van der Waals surface area (Å²) in [5.74, 6) is 0.0958. The third kappa shape index (κ3) is 3.85. The van der Waals surface area contributed by atoms with Gasteiger partial charge in [-0.15, -0.1) is 0 Å². The predicted molar refractivity (Wildman–Crippen MR) is 78.5 cm³/mol. The number of carbonyl (C=O) groups is 1. The van der Waals surface area contributed by atoms with Crippen molar-refractivity contribution in [2.45, 2.75) is 19.8 Å². The molecular weight excluding hydrogens is 252 g/mol. The maximum atomic E-state index is 11.3. The molecule has 0 unspecified atom stereocenters. The van der Waals surface area contributed by atoms with Crippen LogP contribution in [0.3, 0.4) is 0 Å². The second-order valence-corrected chi connectivity index (χ2v) is 4.55. The van der Waals surface area contributed by atoms with E-state index in [0.29, 0.717) is 19.4 Å². The van der Waals surface area contributed by atoms with E-state index in [1.165, 1.54) is 0 Å². The first kappa shape index (κ1) is 14.1. The number of phenols is 1. The summed E-state index contributed by atoms with van der Waals surface area (Å²) in [6, 6.07) is 15.1. The predicted octanol–water partition coefficient (Wildman–Crippen LogP) is 3.55. The van der Waals surface area contributed by atoms with E-state index in [2.05, 4.69) is 0 Å². The Morgan fingerprint density at radius 1 is 1.10 bits per heavy atom. The standard InChI is InChI=1S/C17H18O3/c1-2-20-17(19)11-8-13-6-9-14(10-7-13)15-4-3-5-16(18)12-15/h3-7,9-10,12,18H,2,8,11H2,1H3. The Morgan fingerprint density at radius 3 is 2.50 bits per heavy atom. The van der Waals surface area contributed by atoms with Gasteiger partial charge in [0, 0.05) is 6.42 Å². The van der Waals surface area contributed by atoms with Crippen LogP contribution in [0.5, 0.6) is 5.75 Å². The van der Waals surface area contributed by atoms with Gasteiger partial charge in [-0.05, 0) is 42.2 Å². The van der Waals surface area contributed by atoms with E-state index in [-0.39, 0.29) is 11.7 Å². The van der Waals surface area contributed by atoms with Gasteiger partial charge in [-0.3, -0.25) is 4.79 Å². The average molecular weight is 270 g/mol. The first-order chi connectivity index (χ1) is 9.69. The van der Waals surface area contributed by atoms with Crippen molar-refractivity contribution in [3.8, 4) is 16.9 Å². The second-order valence-electron chi connectivity index (χ2n) is 4.55. The summed E-state index contributed by atoms with van der Waals surface area (Å²) in [4.78, 5) is 11.3. The first-order valence-corrected chi connectivity index (χ1v) is 6.73. The number of aryl methyl sites for hydroxylation is 1. The van der Waals surface area contributed by atoms with Crippen molar-refractivity contribution in [1.82, 2.24) is 0 Å². The Hall–Kier alpha value is -2.29. The molecule has 0 atom stereocenters. The molecule has 0 saturated heterocycles. The molecule has 0 bridgehead atoms. The number of rotatable bonds is 5. The highest BCUT2D eigenvalue weighted by molar-refractivity contribution is 5.70. The maximum absolute atomic E-state index is 11.3. The monoisotopic (exact) mass is 270 g/mol. The van der Waals surface area contributed by atoms with Gasteiger partial charge < -0.3 is 9.84 Å². The molecule has 0 radical (unpaired) electrons. The van der Waals surface area contributed by atoms with Gasteiger partial charge in [0.25, 0.3) is 0 Å². The van der Waals surface area contributed by atoms with E-state index >= 15 is 0 Å². The number of hydrogen-bond donors (Lipinski definition) is 1. The molecule has 0 aromatic heterocycles. The highest BCUT2D eigenvalue weighted by atomic mass is 16.5. The molecule has 0 aliphatic rings. The molecule has 2 aromatic rings. The van der Waals surface area contributed by atoms with E-state index < -0.39 is 0 Å². The summed E-state index contributed by atoms with van der Waals surface area (Å²) >= 11 is 0. The lowest BCUT2D eigenvalue weighted by atomic mass is 10.0. The molecule has 0 amide bonds. The Balaban J connectivity index is 2.01. The first-order valence-electron chi connectivity index (χ1n) is 6.73. The van der Waals surface area contributed by atoms with Gasteiger partial charge in [0.1, 0.15) is 5.75 Å². The van der Waals surface area contributed by atoms with E-state index in [0.717, 1.165) is 16.7 Å². The number of hydrogen-bond acceptors (Lipinski definition) is 3. The van der Waals surface area contributed by atoms with Gasteiger partial charge in [0.15, 0.2) is 0 Å². The molecule has 0 aliphatic heterocycles. The van der Waals surface area contributed by atoms with Crippen LogP contribution in [0.25, 0.3) is 11.1 Å². The van der Waals surface area contributed by atoms with Gasteiger partial charge in [0.2, 0.25) is 0 Å². The van der Waals surface area contributed by atoms with Crippen LogP contribution in [0.2, 0.25) is 0 Å². The Labute approximate surface area is 118 Å². The summed E-state index contributed by atoms with van der Waals surface area (Å²) in [5, 5.41) is 9.47. The molecule has 20 heavy (non-hydrogen) atoms. The number of ether oxygens (including phenoxy) is 1. The van der Waals surface area contributed by atoms with Crippen LogP contribution in [0.1, 0.15) is 18.9 Å². The fraction of sp³-hybridized carbons (Fsp3) is 0.235. The summed E-state index contributed by atoms with van der Waals surface area (Å²) in [6.07, 6.45) is 1.08. The molecule has 1 N–H and O–H groups in total. The van der Waals surface area contributed by atoms with Crippen molar-refractivity contribution in [3.63, 3.8) is 0 Å². The Bertz CT molecular complexity index is 573. The minimum atomic E-state index is -0.162. The minimum absolute atomic E-state index is 0.162. The fourth-order valence-corrected chi connectivity index (χ4v) is 2.03. The lowest BCUT2D eigenvalue weighted by Crippen LogP contribution is -2.05.